The monoisotopic (exact) mass is 354 g/mol. The quantitative estimate of drug-likeness (QED) is 0.437. The molecule has 1 N–H and O–H groups in total. The molecule has 0 aromatic carbocycles. The van der Waals surface area contributed by atoms with Gasteiger partial charge in [0.05, 0.1) is 45.9 Å². The topological polar surface area (TPSA) is 92.1 Å². The Labute approximate surface area is 150 Å². The number of carbonyl (C=O) groups is 1. The first-order valence-electron chi connectivity index (χ1n) is 8.33. The normalized spacial score (nSPS) is 15.7. The van der Waals surface area contributed by atoms with Crippen molar-refractivity contribution in [3.63, 3.8) is 0 Å². The molecule has 2 aromatic heterocycles. The number of likely N-dealkylation sites (N-methyl/N-ethyl adjacent to an activating group) is 1. The third-order valence-electron chi connectivity index (χ3n) is 4.48. The molecule has 0 spiro atoms. The van der Waals surface area contributed by atoms with Crippen LogP contribution >= 0.6 is 0 Å². The number of nitrogens with one attached hydrogen (secondary N) is 1. The highest BCUT2D eigenvalue weighted by Crippen LogP contribution is 2.19. The molecule has 0 unspecified atom stereocenters. The van der Waals surface area contributed by atoms with E-state index in [9.17, 15) is 14.9 Å². The average molecular weight is 354 g/mol. The number of pyridine rings is 1. The number of aromatic nitrogens is 2. The number of methoxy groups -OCH3 is 1. The molecule has 1 fully saturated rings. The molecule has 0 amide bonds. The number of nitrogens with zero attached hydrogens (tertiary/aromatic N) is 4. The molecular formula is C18H20N5O3+. The largest absolute Gasteiger partial charge is 0.465 e. The van der Waals surface area contributed by atoms with Crippen LogP contribution in [0.4, 0.5) is 5.82 Å². The molecule has 0 saturated carbocycles. The molecule has 0 aliphatic carbocycles. The summed E-state index contributed by atoms with van der Waals surface area (Å²) in [7, 11) is 3.31. The van der Waals surface area contributed by atoms with Crippen LogP contribution in [0.2, 0.25) is 0 Å². The second-order valence-electron chi connectivity index (χ2n) is 6.19. The third-order valence-corrected chi connectivity index (χ3v) is 4.48. The first-order chi connectivity index (χ1) is 12.5. The van der Waals surface area contributed by atoms with Gasteiger partial charge in [-0.2, -0.15) is 5.26 Å². The molecule has 1 aliphatic heterocycles. The summed E-state index contributed by atoms with van der Waals surface area (Å²) in [4.78, 5) is 32.9. The van der Waals surface area contributed by atoms with E-state index in [-0.39, 0.29) is 16.7 Å². The smallest absolute Gasteiger partial charge is 0.348 e. The van der Waals surface area contributed by atoms with E-state index in [2.05, 4.69) is 16.8 Å². The second-order valence-corrected chi connectivity index (χ2v) is 6.19. The minimum Gasteiger partial charge on any atom is -0.465 e. The number of hydrogen-bond acceptors (Lipinski definition) is 6. The van der Waals surface area contributed by atoms with Gasteiger partial charge in [0.25, 0.3) is 5.56 Å². The minimum absolute atomic E-state index is 0.218. The summed E-state index contributed by atoms with van der Waals surface area (Å²) in [5, 5.41) is 9.26. The van der Waals surface area contributed by atoms with E-state index in [4.69, 9.17) is 0 Å². The van der Waals surface area contributed by atoms with Crippen molar-refractivity contribution in [2.45, 2.75) is 0 Å². The summed E-state index contributed by atoms with van der Waals surface area (Å²) >= 11 is 0. The lowest BCUT2D eigenvalue weighted by Crippen LogP contribution is -3.12. The summed E-state index contributed by atoms with van der Waals surface area (Å²) in [5.41, 5.74) is 0.180. The van der Waals surface area contributed by atoms with Gasteiger partial charge < -0.3 is 14.5 Å². The Morgan fingerprint density at radius 1 is 1.38 bits per heavy atom. The molecule has 0 bridgehead atoms. The number of carbonyl (C=O) groups excluding carboxylic acids is 1. The molecule has 3 heterocycles. The molecule has 8 nitrogen and oxygen atoms in total. The number of hydrogen-bond donors (Lipinski definition) is 1. The lowest BCUT2D eigenvalue weighted by atomic mass is 10.1. The molecule has 26 heavy (non-hydrogen) atoms. The molecule has 2 aromatic rings. The van der Waals surface area contributed by atoms with E-state index < -0.39 is 5.97 Å². The van der Waals surface area contributed by atoms with Crippen LogP contribution in [0.15, 0.2) is 34.8 Å². The summed E-state index contributed by atoms with van der Waals surface area (Å²) < 4.78 is 6.03. The van der Waals surface area contributed by atoms with Crippen LogP contribution in [0.1, 0.15) is 5.56 Å². The molecule has 134 valence electrons. The Kier molecular flexibility index (Phi) is 5.00. The van der Waals surface area contributed by atoms with Crippen molar-refractivity contribution in [3.8, 4) is 6.07 Å². The fourth-order valence-electron chi connectivity index (χ4n) is 2.95. The maximum Gasteiger partial charge on any atom is 0.348 e. The molecule has 1 aliphatic rings. The van der Waals surface area contributed by atoms with Gasteiger partial charge >= 0.3 is 5.97 Å². The number of quaternary nitrogens is 1. The SMILES string of the molecule is COC(=O)/C(C#N)=C/c1c(N2CC[NH+](C)CC2)nc2ccccn2c1=O. The van der Waals surface area contributed by atoms with Crippen LogP contribution in [-0.2, 0) is 9.53 Å². The molecular weight excluding hydrogens is 334 g/mol. The zero-order chi connectivity index (χ0) is 18.7. The number of esters is 1. The highest BCUT2D eigenvalue weighted by atomic mass is 16.5. The van der Waals surface area contributed by atoms with Gasteiger partial charge in [-0.05, 0) is 18.2 Å². The lowest BCUT2D eigenvalue weighted by Gasteiger charge is -2.31. The van der Waals surface area contributed by atoms with Crippen molar-refractivity contribution in [1.82, 2.24) is 9.38 Å². The molecule has 0 atom stereocenters. The van der Waals surface area contributed by atoms with Gasteiger partial charge in [0.15, 0.2) is 0 Å². The molecule has 3 rings (SSSR count). The Hall–Kier alpha value is -3.18. The number of nitriles is 1. The van der Waals surface area contributed by atoms with Gasteiger partial charge in [0, 0.05) is 6.20 Å². The summed E-state index contributed by atoms with van der Waals surface area (Å²) in [5.74, 6) is -0.288. The van der Waals surface area contributed by atoms with Crippen molar-refractivity contribution in [1.29, 1.82) is 5.26 Å². The van der Waals surface area contributed by atoms with E-state index >= 15 is 0 Å². The first kappa shape index (κ1) is 17.6. The first-order valence-corrected chi connectivity index (χ1v) is 8.33. The number of rotatable bonds is 3. The van der Waals surface area contributed by atoms with Crippen LogP contribution < -0.4 is 15.4 Å². The van der Waals surface area contributed by atoms with Crippen LogP contribution in [0, 0.1) is 11.3 Å². The molecule has 8 heteroatoms. The van der Waals surface area contributed by atoms with Crippen LogP contribution in [0.25, 0.3) is 11.7 Å². The van der Waals surface area contributed by atoms with E-state index in [0.717, 1.165) is 26.2 Å². The average Bonchev–Trinajstić information content (AvgIpc) is 2.67. The van der Waals surface area contributed by atoms with E-state index in [0.29, 0.717) is 11.5 Å². The predicted octanol–water partition coefficient (Wildman–Crippen LogP) is -0.891. The van der Waals surface area contributed by atoms with Crippen LogP contribution in [0.3, 0.4) is 0 Å². The second kappa shape index (κ2) is 7.37. The van der Waals surface area contributed by atoms with Crippen molar-refractivity contribution in [3.05, 3.63) is 45.9 Å². The summed E-state index contributed by atoms with van der Waals surface area (Å²) in [6.07, 6.45) is 2.89. The fraction of sp³-hybridized carbons (Fsp3) is 0.333. The Balaban J connectivity index is 2.21. The Morgan fingerprint density at radius 2 is 2.12 bits per heavy atom. The predicted molar refractivity (Wildman–Crippen MR) is 95.9 cm³/mol. The van der Waals surface area contributed by atoms with Gasteiger partial charge in [-0.25, -0.2) is 9.78 Å². The number of fused-ring (bicyclic) bond motifs is 1. The zero-order valence-electron chi connectivity index (χ0n) is 14.7. The fourth-order valence-corrected chi connectivity index (χ4v) is 2.95. The van der Waals surface area contributed by atoms with Crippen molar-refractivity contribution < 1.29 is 14.4 Å². The lowest BCUT2D eigenvalue weighted by molar-refractivity contribution is -0.880. The number of anilines is 1. The molecule has 0 radical (unpaired) electrons. The Bertz CT molecular complexity index is 965. The maximum absolute atomic E-state index is 13.0. The van der Waals surface area contributed by atoms with Gasteiger partial charge in [-0.15, -0.1) is 0 Å². The van der Waals surface area contributed by atoms with E-state index in [1.165, 1.54) is 22.5 Å². The third kappa shape index (κ3) is 3.30. The van der Waals surface area contributed by atoms with Gasteiger partial charge in [0.2, 0.25) is 0 Å². The zero-order valence-corrected chi connectivity index (χ0v) is 14.7. The van der Waals surface area contributed by atoms with Gasteiger partial charge in [-0.1, -0.05) is 6.07 Å². The maximum atomic E-state index is 13.0. The Morgan fingerprint density at radius 3 is 2.77 bits per heavy atom. The van der Waals surface area contributed by atoms with Crippen LogP contribution in [-0.4, -0.2) is 55.7 Å². The van der Waals surface area contributed by atoms with Crippen molar-refractivity contribution in [2.75, 3.05) is 45.2 Å². The van der Waals surface area contributed by atoms with Gasteiger partial charge in [-0.3, -0.25) is 9.20 Å². The standard InChI is InChI=1S/C18H19N5O3/c1-21-7-9-22(10-8-21)16-14(11-13(12-19)18(25)26-2)17(24)23-6-4-3-5-15(23)20-16/h3-6,11H,7-10H2,1-2H3/p+1/b13-11+. The summed E-state index contributed by atoms with van der Waals surface area (Å²) in [6.45, 7) is 3.31. The van der Waals surface area contributed by atoms with Gasteiger partial charge in [0.1, 0.15) is 23.1 Å². The minimum atomic E-state index is -0.779. The van der Waals surface area contributed by atoms with Crippen LogP contribution in [0.5, 0.6) is 0 Å². The summed E-state index contributed by atoms with van der Waals surface area (Å²) in [6, 6.07) is 7.10. The highest BCUT2D eigenvalue weighted by Gasteiger charge is 2.23. The van der Waals surface area contributed by atoms with E-state index in [1.54, 1.807) is 24.4 Å². The molecule has 1 saturated heterocycles. The van der Waals surface area contributed by atoms with Crippen molar-refractivity contribution in [2.24, 2.45) is 0 Å². The number of piperazine rings is 1. The van der Waals surface area contributed by atoms with E-state index in [1.807, 2.05) is 11.0 Å². The van der Waals surface area contributed by atoms with Crippen molar-refractivity contribution >= 4 is 23.5 Å². The number of ether oxygens (including phenoxy) is 1. The highest BCUT2D eigenvalue weighted by molar-refractivity contribution is 5.98.